The Bertz CT molecular complexity index is 731. The molecule has 26 heavy (non-hydrogen) atoms. The van der Waals surface area contributed by atoms with Gasteiger partial charge in [0.15, 0.2) is 6.61 Å². The topological polar surface area (TPSA) is 102 Å². The van der Waals surface area contributed by atoms with Gasteiger partial charge in [-0.1, -0.05) is 38.5 Å². The summed E-state index contributed by atoms with van der Waals surface area (Å²) in [5.74, 6) is -1.31. The molecule has 146 valence electrons. The molecule has 1 rings (SSSR count). The number of unbranched alkanes of at least 4 members (excludes halogenated alkanes) is 1. The molecule has 7 nitrogen and oxygen atoms in total. The normalized spacial score (nSPS) is 12.5. The van der Waals surface area contributed by atoms with Crippen LogP contribution in [0.3, 0.4) is 0 Å². The number of ether oxygens (including phenoxy) is 1. The number of para-hydroxylation sites is 1. The molecule has 2 N–H and O–H groups in total. The van der Waals surface area contributed by atoms with Gasteiger partial charge in [0.2, 0.25) is 10.0 Å². The average Bonchev–Trinajstić information content (AvgIpc) is 2.59. The van der Waals surface area contributed by atoms with Gasteiger partial charge >= 0.3 is 5.97 Å². The van der Waals surface area contributed by atoms with E-state index in [1.54, 1.807) is 0 Å². The van der Waals surface area contributed by atoms with Crippen LogP contribution in [0.1, 0.15) is 44.7 Å². The van der Waals surface area contributed by atoms with Crippen molar-refractivity contribution in [3.05, 3.63) is 29.3 Å². The summed E-state index contributed by atoms with van der Waals surface area (Å²) in [6.07, 6.45) is 2.00. The Morgan fingerprint density at radius 3 is 2.54 bits per heavy atom. The van der Waals surface area contributed by atoms with Crippen LogP contribution in [0.15, 0.2) is 18.2 Å². The summed E-state index contributed by atoms with van der Waals surface area (Å²) < 4.78 is 30.8. The molecule has 1 amide bonds. The monoisotopic (exact) mass is 384 g/mol. The summed E-state index contributed by atoms with van der Waals surface area (Å²) in [6.45, 7) is 6.66. The first-order valence-corrected chi connectivity index (χ1v) is 10.4. The van der Waals surface area contributed by atoms with Crippen LogP contribution >= 0.6 is 0 Å². The number of rotatable bonds is 10. The van der Waals surface area contributed by atoms with Crippen LogP contribution in [-0.2, 0) is 30.8 Å². The largest absolute Gasteiger partial charge is 0.454 e. The maximum atomic E-state index is 12.1. The lowest BCUT2D eigenvalue weighted by molar-refractivity contribution is -0.148. The zero-order valence-corrected chi connectivity index (χ0v) is 16.6. The standard InChI is InChI=1S/C18H28N2O5S/c1-5-7-11-26(23,24)20-14(4)18(22)25-12-16(21)19-17-13(3)9-8-10-15(17)6-2/h8-10,14,20H,5-7,11-12H2,1-4H3,(H,19,21)/t14-/m0/s1. The van der Waals surface area contributed by atoms with Crippen LogP contribution in [0.4, 0.5) is 5.69 Å². The van der Waals surface area contributed by atoms with E-state index in [-0.39, 0.29) is 5.75 Å². The van der Waals surface area contributed by atoms with Crippen molar-refractivity contribution in [2.24, 2.45) is 0 Å². The molecular formula is C18H28N2O5S. The smallest absolute Gasteiger partial charge is 0.324 e. The SMILES string of the molecule is CCCCS(=O)(=O)N[C@@H](C)C(=O)OCC(=O)Nc1c(C)cccc1CC. The first-order chi connectivity index (χ1) is 12.2. The van der Waals surface area contributed by atoms with Crippen LogP contribution in [0, 0.1) is 6.92 Å². The second-order valence-electron chi connectivity index (χ2n) is 6.13. The molecule has 0 fully saturated rings. The summed E-state index contributed by atoms with van der Waals surface area (Å²) in [4.78, 5) is 24.0. The number of hydrogen-bond acceptors (Lipinski definition) is 5. The van der Waals surface area contributed by atoms with Crippen molar-refractivity contribution >= 4 is 27.6 Å². The van der Waals surface area contributed by atoms with Gasteiger partial charge in [-0.3, -0.25) is 9.59 Å². The number of aryl methyl sites for hydroxylation is 2. The Kier molecular flexibility index (Phi) is 8.74. The molecule has 0 aliphatic carbocycles. The molecule has 0 unspecified atom stereocenters. The van der Waals surface area contributed by atoms with Crippen molar-refractivity contribution in [1.82, 2.24) is 4.72 Å². The number of sulfonamides is 1. The predicted molar refractivity (Wildman–Crippen MR) is 101 cm³/mol. The van der Waals surface area contributed by atoms with E-state index in [9.17, 15) is 18.0 Å². The lowest BCUT2D eigenvalue weighted by Gasteiger charge is -2.15. The van der Waals surface area contributed by atoms with Gasteiger partial charge in [0.25, 0.3) is 5.91 Å². The molecule has 0 radical (unpaired) electrons. The second kappa shape index (κ2) is 10.3. The van der Waals surface area contributed by atoms with Crippen molar-refractivity contribution in [2.75, 3.05) is 17.7 Å². The molecule has 8 heteroatoms. The number of carbonyl (C=O) groups is 2. The van der Waals surface area contributed by atoms with E-state index in [0.717, 1.165) is 24.0 Å². The van der Waals surface area contributed by atoms with Crippen LogP contribution < -0.4 is 10.0 Å². The molecule has 0 aliphatic rings. The van der Waals surface area contributed by atoms with E-state index in [1.807, 2.05) is 39.0 Å². The molecule has 0 heterocycles. The highest BCUT2D eigenvalue weighted by Gasteiger charge is 2.22. The Labute approximate surface area is 155 Å². The first kappa shape index (κ1) is 22.1. The molecule has 0 bridgehead atoms. The van der Waals surface area contributed by atoms with Crippen LogP contribution in [0.25, 0.3) is 0 Å². The van der Waals surface area contributed by atoms with Crippen LogP contribution in [0.5, 0.6) is 0 Å². The fraction of sp³-hybridized carbons (Fsp3) is 0.556. The third-order valence-electron chi connectivity index (χ3n) is 3.83. The van der Waals surface area contributed by atoms with E-state index in [0.29, 0.717) is 12.1 Å². The van der Waals surface area contributed by atoms with Gasteiger partial charge in [-0.05, 0) is 37.8 Å². The summed E-state index contributed by atoms with van der Waals surface area (Å²) in [5.41, 5.74) is 2.62. The number of nitrogens with one attached hydrogen (secondary N) is 2. The van der Waals surface area contributed by atoms with Gasteiger partial charge in [-0.2, -0.15) is 0 Å². The predicted octanol–water partition coefficient (Wildman–Crippen LogP) is 2.15. The highest BCUT2D eigenvalue weighted by Crippen LogP contribution is 2.20. The second-order valence-corrected chi connectivity index (χ2v) is 8.00. The maximum Gasteiger partial charge on any atom is 0.324 e. The molecule has 0 aliphatic heterocycles. The van der Waals surface area contributed by atoms with Crippen molar-refractivity contribution in [3.8, 4) is 0 Å². The van der Waals surface area contributed by atoms with E-state index in [1.165, 1.54) is 6.92 Å². The minimum absolute atomic E-state index is 0.0469. The highest BCUT2D eigenvalue weighted by atomic mass is 32.2. The van der Waals surface area contributed by atoms with Gasteiger partial charge in [0.05, 0.1) is 5.75 Å². The van der Waals surface area contributed by atoms with E-state index in [2.05, 4.69) is 10.0 Å². The fourth-order valence-corrected chi connectivity index (χ4v) is 3.77. The van der Waals surface area contributed by atoms with E-state index < -0.39 is 34.5 Å². The number of esters is 1. The highest BCUT2D eigenvalue weighted by molar-refractivity contribution is 7.89. The van der Waals surface area contributed by atoms with Gasteiger partial charge in [0.1, 0.15) is 6.04 Å². The zero-order valence-electron chi connectivity index (χ0n) is 15.8. The lowest BCUT2D eigenvalue weighted by Crippen LogP contribution is -2.41. The van der Waals surface area contributed by atoms with E-state index in [4.69, 9.17) is 4.74 Å². The van der Waals surface area contributed by atoms with Crippen molar-refractivity contribution in [2.45, 2.75) is 53.0 Å². The van der Waals surface area contributed by atoms with Crippen molar-refractivity contribution < 1.29 is 22.7 Å². The minimum Gasteiger partial charge on any atom is -0.454 e. The van der Waals surface area contributed by atoms with Crippen LogP contribution in [-0.4, -0.2) is 38.7 Å². The average molecular weight is 384 g/mol. The Morgan fingerprint density at radius 2 is 1.92 bits per heavy atom. The number of benzene rings is 1. The molecular weight excluding hydrogens is 356 g/mol. The van der Waals surface area contributed by atoms with Crippen molar-refractivity contribution in [3.63, 3.8) is 0 Å². The first-order valence-electron chi connectivity index (χ1n) is 8.75. The molecule has 0 spiro atoms. The third-order valence-corrected chi connectivity index (χ3v) is 5.37. The summed E-state index contributed by atoms with van der Waals surface area (Å²) in [6, 6.07) is 4.67. The molecule has 1 atom stereocenters. The number of anilines is 1. The Hall–Kier alpha value is -1.93. The minimum atomic E-state index is -3.54. The van der Waals surface area contributed by atoms with Crippen LogP contribution in [0.2, 0.25) is 0 Å². The maximum absolute atomic E-state index is 12.1. The van der Waals surface area contributed by atoms with Gasteiger partial charge in [0, 0.05) is 5.69 Å². The quantitative estimate of drug-likeness (QED) is 0.602. The molecule has 1 aromatic rings. The zero-order chi connectivity index (χ0) is 19.7. The molecule has 0 saturated heterocycles. The van der Waals surface area contributed by atoms with Gasteiger partial charge in [-0.25, -0.2) is 13.1 Å². The Balaban J connectivity index is 2.56. The molecule has 0 aromatic heterocycles. The van der Waals surface area contributed by atoms with Gasteiger partial charge < -0.3 is 10.1 Å². The number of amides is 1. The summed E-state index contributed by atoms with van der Waals surface area (Å²) in [7, 11) is -3.54. The number of hydrogen-bond donors (Lipinski definition) is 2. The van der Waals surface area contributed by atoms with Gasteiger partial charge in [-0.15, -0.1) is 0 Å². The molecule has 1 aromatic carbocycles. The number of carbonyl (C=O) groups excluding carboxylic acids is 2. The van der Waals surface area contributed by atoms with E-state index >= 15 is 0 Å². The third kappa shape index (κ3) is 7.13. The fourth-order valence-electron chi connectivity index (χ4n) is 2.35. The summed E-state index contributed by atoms with van der Waals surface area (Å²) >= 11 is 0. The molecule has 0 saturated carbocycles. The van der Waals surface area contributed by atoms with Crippen molar-refractivity contribution in [1.29, 1.82) is 0 Å². The lowest BCUT2D eigenvalue weighted by atomic mass is 10.1. The summed E-state index contributed by atoms with van der Waals surface area (Å²) in [5, 5.41) is 2.75. The Morgan fingerprint density at radius 1 is 1.23 bits per heavy atom.